The van der Waals surface area contributed by atoms with Crippen molar-refractivity contribution in [3.05, 3.63) is 66.2 Å². The molecule has 0 spiro atoms. The molecule has 0 aromatic heterocycles. The number of benzene rings is 2. The van der Waals surface area contributed by atoms with E-state index in [4.69, 9.17) is 0 Å². The van der Waals surface area contributed by atoms with Gasteiger partial charge in [-0.15, -0.1) is 0 Å². The first-order chi connectivity index (χ1) is 10.2. The van der Waals surface area contributed by atoms with Crippen molar-refractivity contribution >= 4 is 25.3 Å². The van der Waals surface area contributed by atoms with Crippen molar-refractivity contribution < 1.29 is 4.79 Å². The van der Waals surface area contributed by atoms with Crippen molar-refractivity contribution in [1.82, 2.24) is 5.32 Å². The summed E-state index contributed by atoms with van der Waals surface area (Å²) in [6.07, 6.45) is 0. The van der Waals surface area contributed by atoms with Crippen LogP contribution in [0.3, 0.4) is 0 Å². The molecule has 0 heterocycles. The number of amides is 1. The predicted molar refractivity (Wildman–Crippen MR) is 89.2 cm³/mol. The van der Waals surface area contributed by atoms with Gasteiger partial charge in [0.15, 0.2) is 0 Å². The van der Waals surface area contributed by atoms with Crippen LogP contribution >= 0.6 is 0 Å². The van der Waals surface area contributed by atoms with Crippen molar-refractivity contribution in [2.75, 3.05) is 0 Å². The molecule has 0 saturated carbocycles. The fourth-order valence-corrected chi connectivity index (χ4v) is 4.44. The molecule has 2 aromatic rings. The Hall–Kier alpha value is -1.57. The van der Waals surface area contributed by atoms with E-state index < -0.39 is 0 Å². The van der Waals surface area contributed by atoms with E-state index in [2.05, 4.69) is 43.4 Å². The molecule has 0 aliphatic heterocycles. The molecule has 2 aromatic carbocycles. The van der Waals surface area contributed by atoms with Gasteiger partial charge in [0.05, 0.1) is 0 Å². The molecule has 21 heavy (non-hydrogen) atoms. The van der Waals surface area contributed by atoms with Crippen LogP contribution in [0, 0.1) is 5.92 Å². The van der Waals surface area contributed by atoms with Crippen molar-refractivity contribution in [1.29, 1.82) is 0 Å². The SMILES string of the molecule is CC(C)[C@@H](C[Se]c1ccccc1)NC(=O)c1ccccc1. The molecular weight excluding hydrogens is 325 g/mol. The number of hydrogen-bond acceptors (Lipinski definition) is 1. The Morgan fingerprint density at radius 1 is 1.00 bits per heavy atom. The monoisotopic (exact) mass is 347 g/mol. The van der Waals surface area contributed by atoms with Gasteiger partial charge in [-0.05, 0) is 0 Å². The van der Waals surface area contributed by atoms with E-state index in [-0.39, 0.29) is 11.9 Å². The maximum atomic E-state index is 12.3. The van der Waals surface area contributed by atoms with Crippen LogP contribution < -0.4 is 9.78 Å². The van der Waals surface area contributed by atoms with Gasteiger partial charge in [0, 0.05) is 0 Å². The predicted octanol–water partition coefficient (Wildman–Crippen LogP) is 2.89. The molecule has 0 unspecified atom stereocenters. The maximum absolute atomic E-state index is 12.3. The van der Waals surface area contributed by atoms with Crippen LogP contribution in [0.4, 0.5) is 0 Å². The summed E-state index contributed by atoms with van der Waals surface area (Å²) < 4.78 is 1.38. The number of rotatable bonds is 6. The van der Waals surface area contributed by atoms with Gasteiger partial charge in [-0.2, -0.15) is 0 Å². The Morgan fingerprint density at radius 2 is 1.57 bits per heavy atom. The topological polar surface area (TPSA) is 29.1 Å². The van der Waals surface area contributed by atoms with Gasteiger partial charge < -0.3 is 0 Å². The Labute approximate surface area is 133 Å². The van der Waals surface area contributed by atoms with Gasteiger partial charge in [-0.3, -0.25) is 0 Å². The number of nitrogens with one attached hydrogen (secondary N) is 1. The quantitative estimate of drug-likeness (QED) is 0.801. The van der Waals surface area contributed by atoms with Gasteiger partial charge in [0.2, 0.25) is 0 Å². The fraction of sp³-hybridized carbons (Fsp3) is 0.278. The summed E-state index contributed by atoms with van der Waals surface area (Å²) in [7, 11) is 0. The average molecular weight is 346 g/mol. The third-order valence-electron chi connectivity index (χ3n) is 3.33. The normalized spacial score (nSPS) is 12.1. The van der Waals surface area contributed by atoms with E-state index in [1.165, 1.54) is 4.46 Å². The van der Waals surface area contributed by atoms with E-state index in [0.29, 0.717) is 20.9 Å². The summed E-state index contributed by atoms with van der Waals surface area (Å²) >= 11 is 0.389. The summed E-state index contributed by atoms with van der Waals surface area (Å²) in [6, 6.07) is 20.2. The summed E-state index contributed by atoms with van der Waals surface area (Å²) in [6.45, 7) is 4.33. The minimum absolute atomic E-state index is 0.0261. The van der Waals surface area contributed by atoms with Crippen LogP contribution in [-0.4, -0.2) is 26.9 Å². The molecule has 1 atom stereocenters. The molecule has 0 aliphatic carbocycles. The van der Waals surface area contributed by atoms with Gasteiger partial charge in [0.1, 0.15) is 0 Å². The van der Waals surface area contributed by atoms with Gasteiger partial charge in [-0.25, -0.2) is 0 Å². The zero-order chi connectivity index (χ0) is 15.1. The van der Waals surface area contributed by atoms with Crippen LogP contribution in [0.15, 0.2) is 60.7 Å². The second kappa shape index (κ2) is 8.02. The van der Waals surface area contributed by atoms with Crippen molar-refractivity contribution in [3.63, 3.8) is 0 Å². The van der Waals surface area contributed by atoms with Crippen LogP contribution in [0.25, 0.3) is 0 Å². The second-order valence-electron chi connectivity index (χ2n) is 5.31. The van der Waals surface area contributed by atoms with Crippen molar-refractivity contribution in [3.8, 4) is 0 Å². The molecule has 2 nitrogen and oxygen atoms in total. The van der Waals surface area contributed by atoms with E-state index >= 15 is 0 Å². The molecule has 2 rings (SSSR count). The van der Waals surface area contributed by atoms with Crippen molar-refractivity contribution in [2.24, 2.45) is 5.92 Å². The first-order valence-electron chi connectivity index (χ1n) is 7.20. The van der Waals surface area contributed by atoms with Crippen molar-refractivity contribution in [2.45, 2.75) is 25.2 Å². The van der Waals surface area contributed by atoms with Gasteiger partial charge in [-0.1, -0.05) is 0 Å². The third-order valence-corrected chi connectivity index (χ3v) is 5.70. The molecule has 0 radical (unpaired) electrons. The summed E-state index contributed by atoms with van der Waals surface area (Å²) in [4.78, 5) is 12.3. The van der Waals surface area contributed by atoms with E-state index in [1.54, 1.807) is 0 Å². The average Bonchev–Trinajstić information content (AvgIpc) is 2.52. The van der Waals surface area contributed by atoms with E-state index in [1.807, 2.05) is 36.4 Å². The molecular formula is C18H21NOSe. The summed E-state index contributed by atoms with van der Waals surface area (Å²) in [5.74, 6) is 0.460. The first-order valence-corrected chi connectivity index (χ1v) is 9.27. The molecule has 1 N–H and O–H groups in total. The first kappa shape index (κ1) is 15.8. The number of hydrogen-bond donors (Lipinski definition) is 1. The Kier molecular flexibility index (Phi) is 6.03. The molecule has 0 aliphatic rings. The third kappa shape index (κ3) is 5.04. The molecule has 0 bridgehead atoms. The van der Waals surface area contributed by atoms with Crippen LogP contribution in [0.5, 0.6) is 0 Å². The van der Waals surface area contributed by atoms with Gasteiger partial charge >= 0.3 is 133 Å². The minimum atomic E-state index is 0.0261. The van der Waals surface area contributed by atoms with E-state index in [9.17, 15) is 4.79 Å². The molecule has 3 heteroatoms. The zero-order valence-electron chi connectivity index (χ0n) is 12.5. The number of carbonyl (C=O) groups is 1. The molecule has 110 valence electrons. The Morgan fingerprint density at radius 3 is 2.14 bits per heavy atom. The Bertz CT molecular complexity index is 554. The zero-order valence-corrected chi connectivity index (χ0v) is 14.2. The molecule has 0 saturated heterocycles. The molecule has 1 amide bonds. The second-order valence-corrected chi connectivity index (χ2v) is 7.61. The van der Waals surface area contributed by atoms with Gasteiger partial charge in [0.25, 0.3) is 0 Å². The summed E-state index contributed by atoms with van der Waals surface area (Å²) in [5.41, 5.74) is 0.732. The fourth-order valence-electron chi connectivity index (χ4n) is 1.94. The molecule has 0 fully saturated rings. The summed E-state index contributed by atoms with van der Waals surface area (Å²) in [5, 5.41) is 4.20. The Balaban J connectivity index is 1.95. The van der Waals surface area contributed by atoms with Crippen LogP contribution in [0.2, 0.25) is 5.32 Å². The van der Waals surface area contributed by atoms with Crippen LogP contribution in [0.1, 0.15) is 24.2 Å². The van der Waals surface area contributed by atoms with Crippen LogP contribution in [-0.2, 0) is 0 Å². The van der Waals surface area contributed by atoms with E-state index in [0.717, 1.165) is 10.9 Å². The standard InChI is InChI=1S/C18H21NOSe/c1-14(2)17(13-21-16-11-7-4-8-12-16)19-18(20)15-9-5-3-6-10-15/h3-12,14,17H,13H2,1-2H3,(H,19,20)/t17-/m1/s1. The number of carbonyl (C=O) groups excluding carboxylic acids is 1.